The summed E-state index contributed by atoms with van der Waals surface area (Å²) in [5.74, 6) is -0.269. The van der Waals surface area contributed by atoms with E-state index in [1.807, 2.05) is 0 Å². The lowest BCUT2D eigenvalue weighted by atomic mass is 10.2. The van der Waals surface area contributed by atoms with Crippen molar-refractivity contribution >= 4 is 5.97 Å². The highest BCUT2D eigenvalue weighted by molar-refractivity contribution is 5.87. The second kappa shape index (κ2) is 8.75. The molecule has 0 radical (unpaired) electrons. The van der Waals surface area contributed by atoms with Crippen LogP contribution in [0.25, 0.3) is 0 Å². The number of hydrogen-bond acceptors (Lipinski definition) is 3. The summed E-state index contributed by atoms with van der Waals surface area (Å²) in [6.07, 6.45) is 5.34. The Morgan fingerprint density at radius 2 is 2.14 bits per heavy atom. The van der Waals surface area contributed by atoms with Gasteiger partial charge in [-0.3, -0.25) is 0 Å². The standard InChI is InChI=1S/C11H20O3/c1-3-4-5-9-14-11(13)10(2)7-6-8-12/h7,12H,3-6,8-9H2,1-2H3. The Balaban J connectivity index is 3.62. The Bertz CT molecular complexity index is 185. The molecule has 0 saturated carbocycles. The van der Waals surface area contributed by atoms with Crippen LogP contribution in [-0.4, -0.2) is 24.3 Å². The van der Waals surface area contributed by atoms with Crippen molar-refractivity contribution < 1.29 is 14.6 Å². The van der Waals surface area contributed by atoms with Gasteiger partial charge in [0.2, 0.25) is 0 Å². The zero-order chi connectivity index (χ0) is 10.8. The molecule has 0 fully saturated rings. The molecule has 0 atom stereocenters. The average Bonchev–Trinajstić information content (AvgIpc) is 2.20. The number of carbonyl (C=O) groups excluding carboxylic acids is 1. The number of hydrogen-bond donors (Lipinski definition) is 1. The van der Waals surface area contributed by atoms with E-state index in [2.05, 4.69) is 6.92 Å². The summed E-state index contributed by atoms with van der Waals surface area (Å²) in [6.45, 7) is 4.38. The van der Waals surface area contributed by atoms with Gasteiger partial charge in [0.15, 0.2) is 0 Å². The molecule has 0 rings (SSSR count). The Labute approximate surface area is 85.8 Å². The van der Waals surface area contributed by atoms with Gasteiger partial charge in [-0.25, -0.2) is 4.79 Å². The molecule has 82 valence electrons. The maximum Gasteiger partial charge on any atom is 0.333 e. The molecule has 0 amide bonds. The van der Waals surface area contributed by atoms with Crippen molar-refractivity contribution in [3.05, 3.63) is 11.6 Å². The summed E-state index contributed by atoms with van der Waals surface area (Å²) in [7, 11) is 0. The summed E-state index contributed by atoms with van der Waals surface area (Å²) in [5.41, 5.74) is 0.579. The normalized spacial score (nSPS) is 11.5. The maximum atomic E-state index is 11.2. The van der Waals surface area contributed by atoms with E-state index < -0.39 is 0 Å². The molecule has 0 aliphatic carbocycles. The predicted octanol–water partition coefficient (Wildman–Crippen LogP) is 2.05. The molecule has 0 unspecified atom stereocenters. The maximum absolute atomic E-state index is 11.2. The fourth-order valence-corrected chi connectivity index (χ4v) is 0.995. The minimum Gasteiger partial charge on any atom is -0.462 e. The van der Waals surface area contributed by atoms with Gasteiger partial charge in [0, 0.05) is 12.2 Å². The molecular weight excluding hydrogens is 180 g/mol. The van der Waals surface area contributed by atoms with Crippen LogP contribution in [0.2, 0.25) is 0 Å². The number of esters is 1. The molecule has 1 N–H and O–H groups in total. The molecule has 3 heteroatoms. The van der Waals surface area contributed by atoms with Crippen LogP contribution < -0.4 is 0 Å². The third-order valence-electron chi connectivity index (χ3n) is 1.88. The van der Waals surface area contributed by atoms with Gasteiger partial charge in [-0.1, -0.05) is 25.8 Å². The van der Waals surface area contributed by atoms with Gasteiger partial charge in [0.25, 0.3) is 0 Å². The number of carbonyl (C=O) groups is 1. The SMILES string of the molecule is CCCCCOC(=O)C(C)=CCCO. The second-order valence-electron chi connectivity index (χ2n) is 3.24. The van der Waals surface area contributed by atoms with E-state index in [-0.39, 0.29) is 12.6 Å². The summed E-state index contributed by atoms with van der Waals surface area (Å²) in [6, 6.07) is 0. The van der Waals surface area contributed by atoms with Gasteiger partial charge >= 0.3 is 5.97 Å². The molecular formula is C11H20O3. The fraction of sp³-hybridized carbons (Fsp3) is 0.727. The molecule has 0 aromatic heterocycles. The third-order valence-corrected chi connectivity index (χ3v) is 1.88. The number of rotatable bonds is 7. The van der Waals surface area contributed by atoms with Crippen LogP contribution in [0.1, 0.15) is 39.5 Å². The van der Waals surface area contributed by atoms with Gasteiger partial charge < -0.3 is 9.84 Å². The lowest BCUT2D eigenvalue weighted by Gasteiger charge is -2.03. The number of aliphatic hydroxyl groups excluding tert-OH is 1. The zero-order valence-corrected chi connectivity index (χ0v) is 9.08. The van der Waals surface area contributed by atoms with Crippen molar-refractivity contribution in [2.75, 3.05) is 13.2 Å². The van der Waals surface area contributed by atoms with Crippen molar-refractivity contribution in [1.29, 1.82) is 0 Å². The summed E-state index contributed by atoms with van der Waals surface area (Å²) in [4.78, 5) is 11.2. The first-order chi connectivity index (χ1) is 6.72. The van der Waals surface area contributed by atoms with E-state index in [4.69, 9.17) is 9.84 Å². The fourth-order valence-electron chi connectivity index (χ4n) is 0.995. The zero-order valence-electron chi connectivity index (χ0n) is 9.08. The van der Waals surface area contributed by atoms with Crippen LogP contribution in [0, 0.1) is 0 Å². The van der Waals surface area contributed by atoms with Gasteiger partial charge in [-0.2, -0.15) is 0 Å². The van der Waals surface area contributed by atoms with E-state index in [0.717, 1.165) is 19.3 Å². The van der Waals surface area contributed by atoms with Crippen LogP contribution in [0.3, 0.4) is 0 Å². The van der Waals surface area contributed by atoms with Crippen molar-refractivity contribution in [1.82, 2.24) is 0 Å². The molecule has 0 aromatic rings. The number of unbranched alkanes of at least 4 members (excludes halogenated alkanes) is 2. The highest BCUT2D eigenvalue weighted by Crippen LogP contribution is 2.01. The highest BCUT2D eigenvalue weighted by Gasteiger charge is 2.03. The molecule has 0 aliphatic heterocycles. The van der Waals surface area contributed by atoms with E-state index in [0.29, 0.717) is 18.6 Å². The van der Waals surface area contributed by atoms with Crippen molar-refractivity contribution in [2.45, 2.75) is 39.5 Å². The first-order valence-electron chi connectivity index (χ1n) is 5.17. The van der Waals surface area contributed by atoms with Gasteiger partial charge in [0.05, 0.1) is 6.61 Å². The Kier molecular flexibility index (Phi) is 8.24. The van der Waals surface area contributed by atoms with Crippen LogP contribution >= 0.6 is 0 Å². The van der Waals surface area contributed by atoms with Gasteiger partial charge in [-0.15, -0.1) is 0 Å². The molecule has 3 nitrogen and oxygen atoms in total. The van der Waals surface area contributed by atoms with Crippen molar-refractivity contribution in [2.24, 2.45) is 0 Å². The van der Waals surface area contributed by atoms with Gasteiger partial charge in [0.1, 0.15) is 0 Å². The number of aliphatic hydroxyl groups is 1. The van der Waals surface area contributed by atoms with Gasteiger partial charge in [-0.05, 0) is 19.8 Å². The Morgan fingerprint density at radius 3 is 2.71 bits per heavy atom. The summed E-state index contributed by atoms with van der Waals surface area (Å²) in [5, 5.41) is 8.55. The topological polar surface area (TPSA) is 46.5 Å². The molecule has 0 aliphatic rings. The Hall–Kier alpha value is -0.830. The van der Waals surface area contributed by atoms with Crippen LogP contribution in [-0.2, 0) is 9.53 Å². The first-order valence-corrected chi connectivity index (χ1v) is 5.17. The smallest absolute Gasteiger partial charge is 0.333 e. The van der Waals surface area contributed by atoms with Crippen LogP contribution in [0.15, 0.2) is 11.6 Å². The molecule has 0 saturated heterocycles. The van der Waals surface area contributed by atoms with Crippen LogP contribution in [0.5, 0.6) is 0 Å². The lowest BCUT2D eigenvalue weighted by molar-refractivity contribution is -0.139. The van der Waals surface area contributed by atoms with Crippen molar-refractivity contribution in [3.63, 3.8) is 0 Å². The van der Waals surface area contributed by atoms with Crippen molar-refractivity contribution in [3.8, 4) is 0 Å². The Morgan fingerprint density at radius 1 is 1.43 bits per heavy atom. The molecule has 14 heavy (non-hydrogen) atoms. The largest absolute Gasteiger partial charge is 0.462 e. The van der Waals surface area contributed by atoms with E-state index >= 15 is 0 Å². The molecule has 0 aromatic carbocycles. The second-order valence-corrected chi connectivity index (χ2v) is 3.24. The van der Waals surface area contributed by atoms with E-state index in [1.165, 1.54) is 0 Å². The third kappa shape index (κ3) is 6.66. The first kappa shape index (κ1) is 13.2. The quantitative estimate of drug-likeness (QED) is 0.388. The molecule has 0 heterocycles. The lowest BCUT2D eigenvalue weighted by Crippen LogP contribution is -2.07. The summed E-state index contributed by atoms with van der Waals surface area (Å²) >= 11 is 0. The predicted molar refractivity (Wildman–Crippen MR) is 55.9 cm³/mol. The van der Waals surface area contributed by atoms with E-state index in [1.54, 1.807) is 13.0 Å². The monoisotopic (exact) mass is 200 g/mol. The summed E-state index contributed by atoms with van der Waals surface area (Å²) < 4.78 is 5.01. The number of ether oxygens (including phenoxy) is 1. The molecule has 0 bridgehead atoms. The molecule has 0 spiro atoms. The minimum atomic E-state index is -0.269. The minimum absolute atomic E-state index is 0.0699. The van der Waals surface area contributed by atoms with Crippen LogP contribution in [0.4, 0.5) is 0 Å². The van der Waals surface area contributed by atoms with E-state index in [9.17, 15) is 4.79 Å². The highest BCUT2D eigenvalue weighted by atomic mass is 16.5. The average molecular weight is 200 g/mol.